The molecule has 0 spiro atoms. The van der Waals surface area contributed by atoms with Gasteiger partial charge in [-0.05, 0) is 236 Å². The second kappa shape index (κ2) is 30.5. The van der Waals surface area contributed by atoms with Gasteiger partial charge in [0.1, 0.15) is 51.4 Å². The first-order valence-electron chi connectivity index (χ1n) is 31.5. The maximum absolute atomic E-state index is 13.3. The Balaban J connectivity index is 0.000000312. The number of ether oxygens (including phenoxy) is 4. The predicted molar refractivity (Wildman–Crippen MR) is 389 cm³/mol. The van der Waals surface area contributed by atoms with Gasteiger partial charge in [0.05, 0.1) is 0 Å². The molecular weight excluding hydrogens is 1250 g/mol. The van der Waals surface area contributed by atoms with Crippen LogP contribution in [0.3, 0.4) is 0 Å². The number of carbonyl (C=O) groups is 2. The molecular formula is C78H102Cl2O11P2. The number of aromatic hydroxyl groups is 1. The van der Waals surface area contributed by atoms with Crippen LogP contribution in [0.15, 0.2) is 103 Å². The summed E-state index contributed by atoms with van der Waals surface area (Å²) < 4.78 is 49.7. The Labute approximate surface area is 568 Å². The molecule has 1 N–H and O–H groups in total. The highest BCUT2D eigenvalue weighted by molar-refractivity contribution is 8.00. The summed E-state index contributed by atoms with van der Waals surface area (Å²) in [4.78, 5) is 26.2. The molecule has 0 atom stereocenters. The van der Waals surface area contributed by atoms with Crippen molar-refractivity contribution in [2.75, 3.05) is 0 Å². The van der Waals surface area contributed by atoms with Gasteiger partial charge >= 0.3 is 20.9 Å². The molecule has 0 fully saturated rings. The van der Waals surface area contributed by atoms with Gasteiger partial charge < -0.3 is 42.1 Å². The van der Waals surface area contributed by atoms with Gasteiger partial charge in [-0.3, -0.25) is 0 Å². The molecule has 0 aromatic heterocycles. The highest BCUT2D eigenvalue weighted by Crippen LogP contribution is 2.56. The predicted octanol–water partition coefficient (Wildman–Crippen LogP) is 24.8. The lowest BCUT2D eigenvalue weighted by Gasteiger charge is -2.30. The van der Waals surface area contributed by atoms with E-state index in [2.05, 4.69) is 147 Å². The van der Waals surface area contributed by atoms with Crippen molar-refractivity contribution >= 4 is 50.2 Å². The SMILES string of the molecule is Cc1cc(-c2cc(C)cc(C(C)(C)C)c2OP(Cl)Cl)c(OC(=O)OC(C)(C)C)c(C(C)(C)C)c1.Cc1ccc(O)c(C)c1.Cc1ccc(OP(Oc2ccc(C)cc2C)Oc2c(-c3cc(C)cc(C(C)(C)C)c3OC(=O)OC(C)(C)C)cc(C)cc2C(C)(C)C)c(C)c1. The molecule has 7 aromatic rings. The van der Waals surface area contributed by atoms with Crippen molar-refractivity contribution < 1.29 is 51.7 Å². The molecule has 7 rings (SSSR count). The summed E-state index contributed by atoms with van der Waals surface area (Å²) in [6.07, 6.45) is -1.52. The van der Waals surface area contributed by atoms with E-state index in [1.54, 1.807) is 26.8 Å². The molecule has 11 nitrogen and oxygen atoms in total. The van der Waals surface area contributed by atoms with Gasteiger partial charge in [0.2, 0.25) is 0 Å². The lowest BCUT2D eigenvalue weighted by atomic mass is 9.80. The Hall–Kier alpha value is -6.48. The average Bonchev–Trinajstić information content (AvgIpc) is 0.763. The molecule has 0 aliphatic heterocycles. The van der Waals surface area contributed by atoms with Crippen LogP contribution in [0.25, 0.3) is 22.3 Å². The van der Waals surface area contributed by atoms with Crippen LogP contribution >= 0.6 is 37.9 Å². The maximum Gasteiger partial charge on any atom is 0.530 e. The van der Waals surface area contributed by atoms with Gasteiger partial charge in [-0.2, -0.15) is 0 Å². The van der Waals surface area contributed by atoms with Gasteiger partial charge in [-0.25, -0.2) is 9.59 Å². The second-order valence-electron chi connectivity index (χ2n) is 30.5. The first kappa shape index (κ1) is 77.2. The number of aryl methyl sites for hydroxylation is 10. The van der Waals surface area contributed by atoms with Crippen LogP contribution in [0, 0.1) is 69.2 Å². The minimum Gasteiger partial charge on any atom is -0.508 e. The lowest BCUT2D eigenvalue weighted by molar-refractivity contribution is 0.0190. The Morgan fingerprint density at radius 1 is 0.344 bits per heavy atom. The number of benzene rings is 7. The topological polar surface area (TPSA) is 128 Å². The molecule has 0 amide bonds. The summed E-state index contributed by atoms with van der Waals surface area (Å²) in [6.45, 7) is 54.8. The molecule has 0 bridgehead atoms. The van der Waals surface area contributed by atoms with Crippen LogP contribution in [0.1, 0.15) is 203 Å². The molecule has 0 aliphatic carbocycles. The zero-order valence-electron chi connectivity index (χ0n) is 60.5. The normalized spacial score (nSPS) is 12.1. The third-order valence-electron chi connectivity index (χ3n) is 14.6. The molecule has 0 unspecified atom stereocenters. The molecule has 0 saturated carbocycles. The number of rotatable bonds is 12. The number of halogens is 2. The highest BCUT2D eigenvalue weighted by Gasteiger charge is 2.35. The van der Waals surface area contributed by atoms with E-state index in [0.29, 0.717) is 40.2 Å². The van der Waals surface area contributed by atoms with Gasteiger partial charge in [-0.15, -0.1) is 0 Å². The Morgan fingerprint density at radius 3 is 0.892 bits per heavy atom. The summed E-state index contributed by atoms with van der Waals surface area (Å²) in [5, 5.41) is 9.04. The van der Waals surface area contributed by atoms with E-state index in [0.717, 1.165) is 94.6 Å². The fraction of sp³-hybridized carbons (Fsp3) is 0.436. The van der Waals surface area contributed by atoms with Gasteiger partial charge in [0.15, 0.2) is 0 Å². The van der Waals surface area contributed by atoms with Crippen LogP contribution in [0.5, 0.6) is 40.2 Å². The van der Waals surface area contributed by atoms with E-state index >= 15 is 0 Å². The Kier molecular flexibility index (Phi) is 25.3. The van der Waals surface area contributed by atoms with Gasteiger partial charge in [0.25, 0.3) is 6.85 Å². The van der Waals surface area contributed by atoms with E-state index in [4.69, 9.17) is 64.6 Å². The first-order valence-corrected chi connectivity index (χ1v) is 35.6. The van der Waals surface area contributed by atoms with Crippen LogP contribution in [0.2, 0.25) is 0 Å². The minimum atomic E-state index is -2.04. The van der Waals surface area contributed by atoms with Crippen LogP contribution in [-0.2, 0) is 31.1 Å². The van der Waals surface area contributed by atoms with Gasteiger partial charge in [0, 0.05) is 44.5 Å². The first-order chi connectivity index (χ1) is 42.5. The van der Waals surface area contributed by atoms with Crippen molar-refractivity contribution in [2.24, 2.45) is 0 Å². The minimum absolute atomic E-state index is 0.238. The zero-order chi connectivity index (χ0) is 70.4. The number of phenolic OH excluding ortho intramolecular Hbond substituents is 1. The molecule has 15 heteroatoms. The van der Waals surface area contributed by atoms with Crippen LogP contribution < -0.4 is 27.6 Å². The van der Waals surface area contributed by atoms with Crippen LogP contribution in [0.4, 0.5) is 9.59 Å². The molecule has 0 heterocycles. The van der Waals surface area contributed by atoms with Crippen molar-refractivity contribution in [1.29, 1.82) is 0 Å². The number of carbonyl (C=O) groups excluding carboxylic acids is 2. The standard InChI is InChI=1S/C43H55O6P.C27H37Cl2O4P.C8H10O/c1-26-16-18-36(30(5)20-26)47-50(48-37-19-17-27(2)21-31(37)6)49-39-33(23-29(4)25-35(39)42(10,11)12)32-22-28(3)24-34(41(7,8)9)38(32)45-40(44)46-43(13,14)15;1-16-12-18(19-13-17(2)15-21(26(6,7)8)23(19)33-34(28)29)22(20(14-16)25(3,4)5)31-24(30)32-27(9,10)11;1-6-3-4-8(9)7(2)5-6/h16-25H,1-15H3;12-15H,1-11H3;3-5,9H,1-2H3. The number of phenols is 1. The monoisotopic (exact) mass is 1350 g/mol. The molecule has 7 aromatic carbocycles. The fourth-order valence-corrected chi connectivity index (χ4v) is 12.2. The van der Waals surface area contributed by atoms with E-state index in [1.165, 1.54) is 5.56 Å². The van der Waals surface area contributed by atoms with Crippen molar-refractivity contribution in [1.82, 2.24) is 0 Å². The summed E-state index contributed by atoms with van der Waals surface area (Å²) >= 11 is 12.3. The van der Waals surface area contributed by atoms with Crippen molar-refractivity contribution in [2.45, 2.75) is 227 Å². The summed E-state index contributed by atoms with van der Waals surface area (Å²) in [6, 6.07) is 34.2. The molecule has 0 saturated heterocycles. The smallest absolute Gasteiger partial charge is 0.508 e. The van der Waals surface area contributed by atoms with Crippen molar-refractivity contribution in [3.8, 4) is 62.5 Å². The average molecular weight is 1350 g/mol. The van der Waals surface area contributed by atoms with Crippen molar-refractivity contribution in [3.05, 3.63) is 181 Å². The molecule has 93 heavy (non-hydrogen) atoms. The molecule has 0 aliphatic rings. The quantitative estimate of drug-likeness (QED) is 0.0713. The number of hydrogen-bond acceptors (Lipinski definition) is 11. The summed E-state index contributed by atoms with van der Waals surface area (Å²) in [5.41, 5.74) is 14.5. The fourth-order valence-electron chi connectivity index (χ4n) is 10.2. The lowest BCUT2D eigenvalue weighted by Crippen LogP contribution is -2.27. The second-order valence-corrected chi connectivity index (χ2v) is 34.5. The maximum atomic E-state index is 13.3. The largest absolute Gasteiger partial charge is 0.530 e. The van der Waals surface area contributed by atoms with E-state index in [-0.39, 0.29) is 21.7 Å². The summed E-state index contributed by atoms with van der Waals surface area (Å²) in [7, 11) is -2.04. The van der Waals surface area contributed by atoms with E-state index < -0.39 is 39.0 Å². The Morgan fingerprint density at radius 2 is 0.624 bits per heavy atom. The van der Waals surface area contributed by atoms with Crippen LogP contribution in [-0.4, -0.2) is 28.6 Å². The Bertz CT molecular complexity index is 3750. The van der Waals surface area contributed by atoms with Crippen molar-refractivity contribution in [3.63, 3.8) is 0 Å². The zero-order valence-corrected chi connectivity index (χ0v) is 63.8. The van der Waals surface area contributed by atoms with Gasteiger partial charge in [-0.1, -0.05) is 160 Å². The van der Waals surface area contributed by atoms with E-state index in [1.807, 2.05) is 123 Å². The highest BCUT2D eigenvalue weighted by atomic mass is 35.9. The molecule has 504 valence electrons. The summed E-state index contributed by atoms with van der Waals surface area (Å²) in [5.74, 6) is 3.80. The third-order valence-corrected chi connectivity index (χ3v) is 16.3. The third kappa shape index (κ3) is 22.6. The number of hydrogen-bond donors (Lipinski definition) is 1. The van der Waals surface area contributed by atoms with E-state index in [9.17, 15) is 9.59 Å². The molecule has 0 radical (unpaired) electrons.